The molecule has 0 aliphatic heterocycles. The van der Waals surface area contributed by atoms with Crippen molar-refractivity contribution >= 4 is 39.9 Å². The Morgan fingerprint density at radius 1 is 1.28 bits per heavy atom. The molecule has 4 rings (SSSR count). The van der Waals surface area contributed by atoms with Crippen molar-refractivity contribution in [3.8, 4) is 5.75 Å². The highest BCUT2D eigenvalue weighted by Gasteiger charge is 2.25. The number of aromatic amines is 1. The van der Waals surface area contributed by atoms with Gasteiger partial charge in [-0.3, -0.25) is 0 Å². The predicted molar refractivity (Wildman–Crippen MR) is 115 cm³/mol. The molecular weight excluding hydrogens is 413 g/mol. The van der Waals surface area contributed by atoms with Gasteiger partial charge in [-0.05, 0) is 42.5 Å². The zero-order valence-electron chi connectivity index (χ0n) is 16.0. The molecule has 2 atom stereocenters. The number of benzene rings is 1. The lowest BCUT2D eigenvalue weighted by atomic mass is 9.91. The predicted octanol–water partition coefficient (Wildman–Crippen LogP) is 3.59. The number of ether oxygens (including phenoxy) is 2. The number of halogens is 2. The Bertz CT molecular complexity index is 1010. The molecule has 29 heavy (non-hydrogen) atoms. The van der Waals surface area contributed by atoms with E-state index in [9.17, 15) is 0 Å². The second-order valence-electron chi connectivity index (χ2n) is 7.20. The van der Waals surface area contributed by atoms with Gasteiger partial charge in [0.15, 0.2) is 16.7 Å². The van der Waals surface area contributed by atoms with Crippen molar-refractivity contribution < 1.29 is 9.47 Å². The number of fused-ring (bicyclic) bond motifs is 3. The Labute approximate surface area is 178 Å². The summed E-state index contributed by atoms with van der Waals surface area (Å²) in [7, 11) is 1.59. The number of nitrogens with zero attached hydrogens (tertiary/aromatic N) is 2. The largest absolute Gasteiger partial charge is 0.485 e. The molecule has 0 fully saturated rings. The minimum absolute atomic E-state index is 0.0645. The molecule has 2 heterocycles. The van der Waals surface area contributed by atoms with Crippen LogP contribution in [0.25, 0.3) is 10.9 Å². The lowest BCUT2D eigenvalue weighted by Crippen LogP contribution is -2.33. The minimum atomic E-state index is -0.289. The molecule has 1 aromatic carbocycles. The average molecular weight is 436 g/mol. The number of nitrogens with two attached hydrogens (primary N) is 1. The minimum Gasteiger partial charge on any atom is -0.485 e. The van der Waals surface area contributed by atoms with Gasteiger partial charge in [-0.1, -0.05) is 29.8 Å². The maximum absolute atomic E-state index is 6.28. The van der Waals surface area contributed by atoms with Crippen LogP contribution in [0, 0.1) is 0 Å². The molecule has 0 saturated heterocycles. The van der Waals surface area contributed by atoms with E-state index < -0.39 is 0 Å². The number of H-pyrrole nitrogens is 1. The van der Waals surface area contributed by atoms with Crippen molar-refractivity contribution in [1.29, 1.82) is 0 Å². The molecule has 7 nitrogen and oxygen atoms in total. The molecule has 154 valence electrons. The number of nitrogens with one attached hydrogen (secondary N) is 2. The third-order valence-electron chi connectivity index (χ3n) is 5.06. The number of anilines is 1. The van der Waals surface area contributed by atoms with Crippen molar-refractivity contribution in [3.63, 3.8) is 0 Å². The van der Waals surface area contributed by atoms with E-state index in [4.69, 9.17) is 38.4 Å². The van der Waals surface area contributed by atoms with Gasteiger partial charge in [0.05, 0.1) is 12.6 Å². The van der Waals surface area contributed by atoms with E-state index in [0.29, 0.717) is 18.2 Å². The van der Waals surface area contributed by atoms with E-state index in [1.165, 1.54) is 22.2 Å². The average Bonchev–Trinajstić information content (AvgIpc) is 3.05. The van der Waals surface area contributed by atoms with Crippen LogP contribution in [0.4, 0.5) is 5.82 Å². The first-order chi connectivity index (χ1) is 14.0. The second kappa shape index (κ2) is 8.75. The van der Waals surface area contributed by atoms with Crippen LogP contribution in [-0.2, 0) is 17.6 Å². The maximum atomic E-state index is 6.28. The first kappa shape index (κ1) is 20.2. The van der Waals surface area contributed by atoms with Crippen LogP contribution < -0.4 is 15.8 Å². The number of para-hydroxylation sites is 1. The molecule has 1 aliphatic rings. The van der Waals surface area contributed by atoms with Crippen molar-refractivity contribution in [2.45, 2.75) is 31.3 Å². The molecule has 4 N–H and O–H groups in total. The summed E-state index contributed by atoms with van der Waals surface area (Å²) in [5, 5.41) is 4.93. The van der Waals surface area contributed by atoms with E-state index in [-0.39, 0.29) is 29.1 Å². The maximum Gasteiger partial charge on any atom is 0.226 e. The Hall–Kier alpha value is -2.06. The molecule has 2 aromatic heterocycles. The highest BCUT2D eigenvalue weighted by Crippen LogP contribution is 2.35. The smallest absolute Gasteiger partial charge is 0.226 e. The molecule has 0 bridgehead atoms. The number of rotatable bonds is 7. The Kier molecular flexibility index (Phi) is 6.10. The zero-order valence-corrected chi connectivity index (χ0v) is 17.6. The number of aromatic nitrogens is 3. The summed E-state index contributed by atoms with van der Waals surface area (Å²) in [6.45, 7) is 0.602. The summed E-state index contributed by atoms with van der Waals surface area (Å²) < 4.78 is 10.9. The standard InChI is InChI=1S/C20H23Cl2N5O2/c1-28-9-11(23)10-29-17-18(21)26-20(22)27-19(17)24-12-6-7-16-14(8-12)13-4-2-3-5-15(13)25-16/h2-5,11-12,25H,6-10,23H2,1H3,(H,24,26,27)/t11?,12-/m1/s1. The molecule has 9 heteroatoms. The summed E-state index contributed by atoms with van der Waals surface area (Å²) in [4.78, 5) is 11.8. The zero-order chi connectivity index (χ0) is 20.4. The topological polar surface area (TPSA) is 98.1 Å². The fourth-order valence-electron chi connectivity index (χ4n) is 3.76. The summed E-state index contributed by atoms with van der Waals surface area (Å²) >= 11 is 12.3. The number of aryl methyl sites for hydroxylation is 1. The summed E-state index contributed by atoms with van der Waals surface area (Å²) in [6.07, 6.45) is 2.76. The Morgan fingerprint density at radius 3 is 2.93 bits per heavy atom. The van der Waals surface area contributed by atoms with Crippen LogP contribution in [0.2, 0.25) is 10.4 Å². The van der Waals surface area contributed by atoms with E-state index in [0.717, 1.165) is 19.3 Å². The molecule has 0 saturated carbocycles. The van der Waals surface area contributed by atoms with Gasteiger partial charge in [-0.15, -0.1) is 0 Å². The van der Waals surface area contributed by atoms with Gasteiger partial charge in [0.2, 0.25) is 5.28 Å². The van der Waals surface area contributed by atoms with Crippen molar-refractivity contribution in [3.05, 3.63) is 46.0 Å². The molecule has 0 spiro atoms. The van der Waals surface area contributed by atoms with Crippen molar-refractivity contribution in [1.82, 2.24) is 15.0 Å². The van der Waals surface area contributed by atoms with E-state index in [1.54, 1.807) is 7.11 Å². The van der Waals surface area contributed by atoms with Gasteiger partial charge in [0.25, 0.3) is 0 Å². The van der Waals surface area contributed by atoms with Crippen LogP contribution in [0.5, 0.6) is 5.75 Å². The monoisotopic (exact) mass is 435 g/mol. The van der Waals surface area contributed by atoms with Crippen LogP contribution in [0.15, 0.2) is 24.3 Å². The van der Waals surface area contributed by atoms with Gasteiger partial charge < -0.3 is 25.5 Å². The van der Waals surface area contributed by atoms with Gasteiger partial charge in [-0.2, -0.15) is 4.98 Å². The first-order valence-corrected chi connectivity index (χ1v) is 10.3. The van der Waals surface area contributed by atoms with Crippen LogP contribution in [0.1, 0.15) is 17.7 Å². The molecule has 0 radical (unpaired) electrons. The van der Waals surface area contributed by atoms with Crippen molar-refractivity contribution in [2.24, 2.45) is 5.73 Å². The Morgan fingerprint density at radius 2 is 2.10 bits per heavy atom. The lowest BCUT2D eigenvalue weighted by molar-refractivity contribution is 0.152. The molecular formula is C20H23Cl2N5O2. The van der Waals surface area contributed by atoms with E-state index in [2.05, 4.69) is 38.5 Å². The second-order valence-corrected chi connectivity index (χ2v) is 7.90. The van der Waals surface area contributed by atoms with Gasteiger partial charge in [-0.25, -0.2) is 4.98 Å². The molecule has 3 aromatic rings. The normalized spacial score (nSPS) is 17.2. The van der Waals surface area contributed by atoms with Gasteiger partial charge in [0.1, 0.15) is 6.61 Å². The van der Waals surface area contributed by atoms with Gasteiger partial charge in [0, 0.05) is 29.7 Å². The third-order valence-corrected chi connectivity index (χ3v) is 5.48. The molecule has 1 aliphatic carbocycles. The van der Waals surface area contributed by atoms with E-state index >= 15 is 0 Å². The molecule has 0 amide bonds. The summed E-state index contributed by atoms with van der Waals surface area (Å²) in [6, 6.07) is 8.24. The Balaban J connectivity index is 1.54. The number of methoxy groups -OCH3 is 1. The third kappa shape index (κ3) is 4.43. The summed E-state index contributed by atoms with van der Waals surface area (Å²) in [5.41, 5.74) is 9.76. The van der Waals surface area contributed by atoms with E-state index in [1.807, 2.05) is 6.07 Å². The fraction of sp³-hybridized carbons (Fsp3) is 0.400. The first-order valence-electron chi connectivity index (χ1n) is 9.50. The summed E-state index contributed by atoms with van der Waals surface area (Å²) in [5.74, 6) is 0.834. The van der Waals surface area contributed by atoms with Crippen LogP contribution in [0.3, 0.4) is 0 Å². The van der Waals surface area contributed by atoms with Crippen molar-refractivity contribution in [2.75, 3.05) is 25.6 Å². The number of hydrogen-bond acceptors (Lipinski definition) is 6. The lowest BCUT2D eigenvalue weighted by Gasteiger charge is -2.25. The van der Waals surface area contributed by atoms with Crippen LogP contribution >= 0.6 is 23.2 Å². The number of hydrogen-bond donors (Lipinski definition) is 3. The SMILES string of the molecule is COCC(N)COc1c(Cl)nc(Cl)nc1N[C@@H]1CCc2[nH]c3ccccc3c2C1. The molecule has 1 unspecified atom stereocenters. The highest BCUT2D eigenvalue weighted by molar-refractivity contribution is 6.33. The highest BCUT2D eigenvalue weighted by atomic mass is 35.5. The fourth-order valence-corrected chi connectivity index (χ4v) is 4.20. The van der Waals surface area contributed by atoms with Gasteiger partial charge >= 0.3 is 0 Å². The quantitative estimate of drug-likeness (QED) is 0.387. The van der Waals surface area contributed by atoms with Crippen LogP contribution in [-0.4, -0.2) is 47.4 Å².